The first-order valence-corrected chi connectivity index (χ1v) is 8.78. The largest absolute Gasteiger partial charge is 0.351 e. The zero-order chi connectivity index (χ0) is 19.1. The topological polar surface area (TPSA) is 58.1 Å². The first-order valence-electron chi connectivity index (χ1n) is 8.78. The molecule has 0 aliphatic carbocycles. The molecule has 0 aliphatic heterocycles. The van der Waals surface area contributed by atoms with Crippen molar-refractivity contribution in [2.75, 3.05) is 16.8 Å². The van der Waals surface area contributed by atoms with Crippen molar-refractivity contribution in [1.29, 1.82) is 0 Å². The summed E-state index contributed by atoms with van der Waals surface area (Å²) in [7, 11) is 0. The average molecular weight is 358 g/mol. The van der Waals surface area contributed by atoms with Gasteiger partial charge >= 0.3 is 0 Å². The van der Waals surface area contributed by atoms with Crippen molar-refractivity contribution in [2.45, 2.75) is 13.5 Å². The van der Waals surface area contributed by atoms with Crippen LogP contribution in [0.1, 0.15) is 21.7 Å². The molecule has 0 atom stereocenters. The number of hydrogen-bond donors (Lipinski definition) is 1. The van der Waals surface area contributed by atoms with Gasteiger partial charge in [-0.2, -0.15) is 0 Å². The first-order chi connectivity index (χ1) is 13.2. The van der Waals surface area contributed by atoms with Crippen LogP contribution in [0.3, 0.4) is 0 Å². The van der Waals surface area contributed by atoms with Gasteiger partial charge in [0.15, 0.2) is 0 Å². The average Bonchev–Trinajstić information content (AvgIpc) is 2.71. The molecule has 2 aromatic carbocycles. The fourth-order valence-corrected chi connectivity index (χ4v) is 2.71. The Balaban J connectivity index is 1.95. The van der Waals surface area contributed by atoms with E-state index in [1.165, 1.54) is 0 Å². The van der Waals surface area contributed by atoms with Gasteiger partial charge in [0.05, 0.1) is 6.54 Å². The lowest BCUT2D eigenvalue weighted by atomic mass is 10.1. The maximum absolute atomic E-state index is 13.3. The van der Waals surface area contributed by atoms with Crippen LogP contribution in [0, 0.1) is 6.92 Å². The Hall–Kier alpha value is -3.47. The van der Waals surface area contributed by atoms with Crippen molar-refractivity contribution in [3.8, 4) is 0 Å². The molecule has 3 aromatic rings. The van der Waals surface area contributed by atoms with Gasteiger partial charge in [0.1, 0.15) is 5.69 Å². The fourth-order valence-electron chi connectivity index (χ4n) is 2.71. The molecule has 3 rings (SSSR count). The number of anilines is 2. The number of carbonyl (C=O) groups excluding carboxylic acids is 1. The maximum atomic E-state index is 13.3. The Kier molecular flexibility index (Phi) is 5.94. The van der Waals surface area contributed by atoms with Crippen molar-refractivity contribution < 1.29 is 4.79 Å². The van der Waals surface area contributed by atoms with E-state index in [2.05, 4.69) is 21.9 Å². The van der Waals surface area contributed by atoms with Crippen LogP contribution < -0.4 is 10.2 Å². The fraction of sp³-hybridized carbons (Fsp3) is 0.136. The molecule has 1 amide bonds. The quantitative estimate of drug-likeness (QED) is 0.642. The molecule has 5 nitrogen and oxygen atoms in total. The van der Waals surface area contributed by atoms with Crippen molar-refractivity contribution in [2.24, 2.45) is 0 Å². The van der Waals surface area contributed by atoms with E-state index in [9.17, 15) is 4.79 Å². The Bertz CT molecular complexity index is 910. The van der Waals surface area contributed by atoms with Gasteiger partial charge in [0.2, 0.25) is 5.95 Å². The van der Waals surface area contributed by atoms with E-state index >= 15 is 0 Å². The van der Waals surface area contributed by atoms with Gasteiger partial charge in [-0.05, 0) is 30.7 Å². The second-order valence-corrected chi connectivity index (χ2v) is 6.10. The van der Waals surface area contributed by atoms with Crippen LogP contribution in [0.4, 0.5) is 11.6 Å². The molecule has 0 aliphatic rings. The van der Waals surface area contributed by atoms with E-state index in [1.807, 2.05) is 67.6 Å². The SMILES string of the molecule is C=CCNc1nc(C)cc(C(=O)N(Cc2ccccc2)c2ccccc2)n1. The predicted octanol–water partition coefficient (Wildman–Crippen LogP) is 4.23. The molecule has 5 heteroatoms. The van der Waals surface area contributed by atoms with Crippen LogP contribution in [-0.2, 0) is 6.54 Å². The van der Waals surface area contributed by atoms with Crippen LogP contribution >= 0.6 is 0 Å². The van der Waals surface area contributed by atoms with E-state index in [0.29, 0.717) is 24.7 Å². The summed E-state index contributed by atoms with van der Waals surface area (Å²) in [5.41, 5.74) is 2.95. The molecule has 136 valence electrons. The van der Waals surface area contributed by atoms with Gasteiger partial charge in [0.25, 0.3) is 5.91 Å². The lowest BCUT2D eigenvalue weighted by molar-refractivity contribution is 0.0980. The smallest absolute Gasteiger partial charge is 0.277 e. The molecule has 0 spiro atoms. The van der Waals surface area contributed by atoms with E-state index < -0.39 is 0 Å². The second kappa shape index (κ2) is 8.76. The Morgan fingerprint density at radius 2 is 1.74 bits per heavy atom. The number of amides is 1. The Morgan fingerprint density at radius 1 is 1.07 bits per heavy atom. The maximum Gasteiger partial charge on any atom is 0.277 e. The summed E-state index contributed by atoms with van der Waals surface area (Å²) in [6.45, 7) is 6.52. The predicted molar refractivity (Wildman–Crippen MR) is 109 cm³/mol. The second-order valence-electron chi connectivity index (χ2n) is 6.10. The summed E-state index contributed by atoms with van der Waals surface area (Å²) in [5, 5.41) is 3.05. The molecular weight excluding hydrogens is 336 g/mol. The summed E-state index contributed by atoms with van der Waals surface area (Å²) >= 11 is 0. The summed E-state index contributed by atoms with van der Waals surface area (Å²) in [6, 6.07) is 21.2. The van der Waals surface area contributed by atoms with Crippen LogP contribution in [-0.4, -0.2) is 22.4 Å². The molecule has 0 saturated heterocycles. The summed E-state index contributed by atoms with van der Waals surface area (Å²) < 4.78 is 0. The zero-order valence-electron chi connectivity index (χ0n) is 15.3. The van der Waals surface area contributed by atoms with Gasteiger partial charge in [-0.15, -0.1) is 6.58 Å². The number of nitrogens with one attached hydrogen (secondary N) is 1. The molecule has 1 N–H and O–H groups in total. The van der Waals surface area contributed by atoms with Gasteiger partial charge in [-0.1, -0.05) is 54.6 Å². The standard InChI is InChI=1S/C22H22N4O/c1-3-14-23-22-24-17(2)15-20(25-22)21(27)26(19-12-8-5-9-13-19)16-18-10-6-4-7-11-18/h3-13,15H,1,14,16H2,2H3,(H,23,24,25). The Labute approximate surface area is 159 Å². The minimum atomic E-state index is -0.169. The van der Waals surface area contributed by atoms with Crippen molar-refractivity contribution in [1.82, 2.24) is 9.97 Å². The van der Waals surface area contributed by atoms with E-state index in [4.69, 9.17) is 0 Å². The minimum Gasteiger partial charge on any atom is -0.351 e. The molecule has 0 radical (unpaired) electrons. The van der Waals surface area contributed by atoms with Crippen molar-refractivity contribution in [3.63, 3.8) is 0 Å². The van der Waals surface area contributed by atoms with Gasteiger partial charge in [-0.25, -0.2) is 9.97 Å². The molecule has 0 unspecified atom stereocenters. The number of nitrogens with zero attached hydrogens (tertiary/aromatic N) is 3. The third kappa shape index (κ3) is 4.79. The molecular formula is C22H22N4O. The highest BCUT2D eigenvalue weighted by molar-refractivity contribution is 6.04. The number of carbonyl (C=O) groups is 1. The molecule has 0 saturated carbocycles. The number of aryl methyl sites for hydroxylation is 1. The summed E-state index contributed by atoms with van der Waals surface area (Å²) in [4.78, 5) is 23.8. The highest BCUT2D eigenvalue weighted by atomic mass is 16.2. The minimum absolute atomic E-state index is 0.169. The monoisotopic (exact) mass is 358 g/mol. The lowest BCUT2D eigenvalue weighted by Gasteiger charge is -2.23. The number of benzene rings is 2. The molecule has 1 heterocycles. The summed E-state index contributed by atoms with van der Waals surface area (Å²) in [5.74, 6) is 0.253. The van der Waals surface area contributed by atoms with Crippen molar-refractivity contribution in [3.05, 3.63) is 96.3 Å². The van der Waals surface area contributed by atoms with Crippen LogP contribution in [0.2, 0.25) is 0 Å². The first kappa shape index (κ1) is 18.3. The third-order valence-electron chi connectivity index (χ3n) is 3.97. The molecule has 27 heavy (non-hydrogen) atoms. The van der Waals surface area contributed by atoms with E-state index in [0.717, 1.165) is 16.9 Å². The highest BCUT2D eigenvalue weighted by Gasteiger charge is 2.20. The molecule has 1 aromatic heterocycles. The number of hydrogen-bond acceptors (Lipinski definition) is 4. The zero-order valence-corrected chi connectivity index (χ0v) is 15.3. The number of aromatic nitrogens is 2. The van der Waals surface area contributed by atoms with Gasteiger partial charge in [-0.3, -0.25) is 4.79 Å². The molecule has 0 fully saturated rings. The highest BCUT2D eigenvalue weighted by Crippen LogP contribution is 2.20. The normalized spacial score (nSPS) is 10.3. The number of rotatable bonds is 7. The van der Waals surface area contributed by atoms with Crippen LogP contribution in [0.5, 0.6) is 0 Å². The van der Waals surface area contributed by atoms with E-state index in [-0.39, 0.29) is 5.91 Å². The third-order valence-corrected chi connectivity index (χ3v) is 3.97. The van der Waals surface area contributed by atoms with Crippen LogP contribution in [0.25, 0.3) is 0 Å². The number of para-hydroxylation sites is 1. The van der Waals surface area contributed by atoms with Gasteiger partial charge < -0.3 is 10.2 Å². The van der Waals surface area contributed by atoms with E-state index in [1.54, 1.807) is 17.0 Å². The lowest BCUT2D eigenvalue weighted by Crippen LogP contribution is -2.31. The van der Waals surface area contributed by atoms with Crippen LogP contribution in [0.15, 0.2) is 79.4 Å². The van der Waals surface area contributed by atoms with Crippen molar-refractivity contribution >= 4 is 17.5 Å². The molecule has 0 bridgehead atoms. The summed E-state index contributed by atoms with van der Waals surface area (Å²) in [6.07, 6.45) is 1.72. The van der Waals surface area contributed by atoms with Gasteiger partial charge in [0, 0.05) is 17.9 Å². The Morgan fingerprint density at radius 3 is 2.41 bits per heavy atom.